The van der Waals surface area contributed by atoms with Gasteiger partial charge in [-0.15, -0.1) is 0 Å². The number of aliphatic carboxylic acids is 1. The second kappa shape index (κ2) is 3.52. The molecule has 1 N–H and O–H groups in total. The smallest absolute Gasteiger partial charge is 0.348 e. The molecule has 0 radical (unpaired) electrons. The molecule has 1 aliphatic carbocycles. The van der Waals surface area contributed by atoms with E-state index >= 15 is 0 Å². The van der Waals surface area contributed by atoms with Crippen molar-refractivity contribution in [1.82, 2.24) is 0 Å². The van der Waals surface area contributed by atoms with E-state index in [1.807, 2.05) is 25.1 Å². The predicted molar refractivity (Wildman–Crippen MR) is 59.1 cm³/mol. The average molecular weight is 271 g/mol. The van der Waals surface area contributed by atoms with Crippen LogP contribution in [-0.2, 0) is 4.79 Å². The summed E-state index contributed by atoms with van der Waals surface area (Å²) in [7, 11) is 0. The van der Waals surface area contributed by atoms with Gasteiger partial charge in [-0.25, -0.2) is 4.79 Å². The van der Waals surface area contributed by atoms with Crippen molar-refractivity contribution in [2.24, 2.45) is 0 Å². The topological polar surface area (TPSA) is 46.5 Å². The van der Waals surface area contributed by atoms with Crippen LogP contribution in [0.1, 0.15) is 18.4 Å². The summed E-state index contributed by atoms with van der Waals surface area (Å²) < 4.78 is 6.33. The Labute approximate surface area is 96.2 Å². The standard InChI is InChI=1S/C11H11BrO3/c1-7-2-3-8(12)9(6-7)15-11(4-5-11)10(13)14/h2-3,6H,4-5H2,1H3,(H,13,14). The fraction of sp³-hybridized carbons (Fsp3) is 0.364. The minimum absolute atomic E-state index is 0.586. The lowest BCUT2D eigenvalue weighted by molar-refractivity contribution is -0.147. The van der Waals surface area contributed by atoms with Gasteiger partial charge >= 0.3 is 5.97 Å². The van der Waals surface area contributed by atoms with E-state index in [0.29, 0.717) is 18.6 Å². The van der Waals surface area contributed by atoms with Crippen LogP contribution in [0.3, 0.4) is 0 Å². The first kappa shape index (κ1) is 10.5. The summed E-state index contributed by atoms with van der Waals surface area (Å²) in [6, 6.07) is 5.65. The van der Waals surface area contributed by atoms with Crippen molar-refractivity contribution in [2.45, 2.75) is 25.4 Å². The molecule has 0 heterocycles. The van der Waals surface area contributed by atoms with Gasteiger partial charge < -0.3 is 9.84 Å². The van der Waals surface area contributed by atoms with Crippen LogP contribution in [-0.4, -0.2) is 16.7 Å². The first-order valence-corrected chi connectivity index (χ1v) is 5.51. The lowest BCUT2D eigenvalue weighted by Crippen LogP contribution is -2.29. The molecule has 1 aromatic carbocycles. The molecule has 0 spiro atoms. The maximum absolute atomic E-state index is 10.9. The molecule has 0 atom stereocenters. The summed E-state index contributed by atoms with van der Waals surface area (Å²) in [5.41, 5.74) is 0.0745. The molecule has 1 aliphatic rings. The Morgan fingerprint density at radius 2 is 2.20 bits per heavy atom. The molecule has 1 aromatic rings. The molecular weight excluding hydrogens is 260 g/mol. The highest BCUT2D eigenvalue weighted by Crippen LogP contribution is 2.42. The zero-order chi connectivity index (χ0) is 11.1. The molecule has 0 unspecified atom stereocenters. The van der Waals surface area contributed by atoms with E-state index in [4.69, 9.17) is 9.84 Å². The highest BCUT2D eigenvalue weighted by Gasteiger charge is 2.53. The van der Waals surface area contributed by atoms with Gasteiger partial charge in [0.25, 0.3) is 0 Å². The molecule has 0 aliphatic heterocycles. The van der Waals surface area contributed by atoms with Gasteiger partial charge in [0.05, 0.1) is 4.47 Å². The van der Waals surface area contributed by atoms with Gasteiger partial charge in [-0.3, -0.25) is 0 Å². The van der Waals surface area contributed by atoms with Crippen molar-refractivity contribution in [2.75, 3.05) is 0 Å². The summed E-state index contributed by atoms with van der Waals surface area (Å²) in [5, 5.41) is 8.98. The van der Waals surface area contributed by atoms with E-state index in [1.54, 1.807) is 0 Å². The minimum Gasteiger partial charge on any atom is -0.478 e. The van der Waals surface area contributed by atoms with Gasteiger partial charge in [0.15, 0.2) is 0 Å². The predicted octanol–water partition coefficient (Wildman–Crippen LogP) is 2.75. The van der Waals surface area contributed by atoms with E-state index in [-0.39, 0.29) is 0 Å². The van der Waals surface area contributed by atoms with Gasteiger partial charge in [0.2, 0.25) is 5.60 Å². The van der Waals surface area contributed by atoms with E-state index in [1.165, 1.54) is 0 Å². The number of carboxylic acids is 1. The lowest BCUT2D eigenvalue weighted by Gasteiger charge is -2.15. The maximum atomic E-state index is 10.9. The van der Waals surface area contributed by atoms with Crippen LogP contribution in [0.4, 0.5) is 0 Å². The second-order valence-corrected chi connectivity index (χ2v) is 4.69. The van der Waals surface area contributed by atoms with E-state index < -0.39 is 11.6 Å². The fourth-order valence-electron chi connectivity index (χ4n) is 1.37. The van der Waals surface area contributed by atoms with Crippen LogP contribution in [0.2, 0.25) is 0 Å². The monoisotopic (exact) mass is 270 g/mol. The van der Waals surface area contributed by atoms with Gasteiger partial charge in [0, 0.05) is 12.8 Å². The number of hydrogen-bond donors (Lipinski definition) is 1. The number of ether oxygens (including phenoxy) is 1. The number of hydrogen-bond acceptors (Lipinski definition) is 2. The molecule has 15 heavy (non-hydrogen) atoms. The van der Waals surface area contributed by atoms with E-state index in [9.17, 15) is 4.79 Å². The Kier molecular flexibility index (Phi) is 2.46. The van der Waals surface area contributed by atoms with E-state index in [0.717, 1.165) is 10.0 Å². The van der Waals surface area contributed by atoms with Crippen LogP contribution in [0.5, 0.6) is 5.75 Å². The lowest BCUT2D eigenvalue weighted by atomic mass is 10.2. The number of rotatable bonds is 3. The zero-order valence-electron chi connectivity index (χ0n) is 8.29. The Balaban J connectivity index is 2.24. The molecule has 0 bridgehead atoms. The zero-order valence-corrected chi connectivity index (χ0v) is 9.87. The molecule has 0 amide bonds. The van der Waals surface area contributed by atoms with Crippen LogP contribution in [0, 0.1) is 6.92 Å². The number of halogens is 1. The number of carbonyl (C=O) groups is 1. The van der Waals surface area contributed by atoms with Gasteiger partial charge in [-0.1, -0.05) is 6.07 Å². The van der Waals surface area contributed by atoms with Gasteiger partial charge in [-0.05, 0) is 40.5 Å². The molecule has 2 rings (SSSR count). The van der Waals surface area contributed by atoms with Crippen LogP contribution in [0.25, 0.3) is 0 Å². The normalized spacial score (nSPS) is 17.2. The Morgan fingerprint density at radius 1 is 1.53 bits per heavy atom. The molecule has 1 saturated carbocycles. The summed E-state index contributed by atoms with van der Waals surface area (Å²) in [6.07, 6.45) is 1.17. The molecule has 80 valence electrons. The third-order valence-corrected chi connectivity index (χ3v) is 3.14. The Bertz CT molecular complexity index is 410. The van der Waals surface area contributed by atoms with Crippen molar-refractivity contribution >= 4 is 21.9 Å². The first-order valence-electron chi connectivity index (χ1n) is 4.72. The van der Waals surface area contributed by atoms with Crippen molar-refractivity contribution in [3.05, 3.63) is 28.2 Å². The quantitative estimate of drug-likeness (QED) is 0.919. The average Bonchev–Trinajstić information content (AvgIpc) is 2.92. The third kappa shape index (κ3) is 2.00. The highest BCUT2D eigenvalue weighted by atomic mass is 79.9. The Morgan fingerprint density at radius 3 is 2.73 bits per heavy atom. The number of aryl methyl sites for hydroxylation is 1. The minimum atomic E-state index is -0.976. The van der Waals surface area contributed by atoms with Crippen LogP contribution >= 0.6 is 15.9 Å². The molecule has 4 heteroatoms. The highest BCUT2D eigenvalue weighted by molar-refractivity contribution is 9.10. The summed E-state index contributed by atoms with van der Waals surface area (Å²) in [4.78, 5) is 10.9. The molecule has 0 saturated heterocycles. The second-order valence-electron chi connectivity index (χ2n) is 3.84. The largest absolute Gasteiger partial charge is 0.478 e. The molecular formula is C11H11BrO3. The Hall–Kier alpha value is -1.03. The fourth-order valence-corrected chi connectivity index (χ4v) is 1.70. The van der Waals surface area contributed by atoms with Gasteiger partial charge in [-0.2, -0.15) is 0 Å². The molecule has 3 nitrogen and oxygen atoms in total. The van der Waals surface area contributed by atoms with Crippen LogP contribution < -0.4 is 4.74 Å². The van der Waals surface area contributed by atoms with Gasteiger partial charge in [0.1, 0.15) is 5.75 Å². The molecule has 0 aromatic heterocycles. The van der Waals surface area contributed by atoms with Crippen molar-refractivity contribution in [1.29, 1.82) is 0 Å². The van der Waals surface area contributed by atoms with Crippen molar-refractivity contribution < 1.29 is 14.6 Å². The summed E-state index contributed by atoms with van der Waals surface area (Å²) in [6.45, 7) is 1.94. The summed E-state index contributed by atoms with van der Waals surface area (Å²) >= 11 is 3.34. The number of carboxylic acid groups (broad SMARTS) is 1. The maximum Gasteiger partial charge on any atom is 0.348 e. The first-order chi connectivity index (χ1) is 7.03. The van der Waals surface area contributed by atoms with E-state index in [2.05, 4.69) is 15.9 Å². The third-order valence-electron chi connectivity index (χ3n) is 2.49. The van der Waals surface area contributed by atoms with Crippen molar-refractivity contribution in [3.8, 4) is 5.75 Å². The summed E-state index contributed by atoms with van der Waals surface area (Å²) in [5.74, 6) is -0.272. The van der Waals surface area contributed by atoms with Crippen LogP contribution in [0.15, 0.2) is 22.7 Å². The van der Waals surface area contributed by atoms with Crippen molar-refractivity contribution in [3.63, 3.8) is 0 Å². The molecule has 1 fully saturated rings. The number of benzene rings is 1. The SMILES string of the molecule is Cc1ccc(Br)c(OC2(C(=O)O)CC2)c1.